The molecule has 5 heteroatoms. The van der Waals surface area contributed by atoms with Crippen LogP contribution < -0.4 is 10.6 Å². The van der Waals surface area contributed by atoms with E-state index in [1.54, 1.807) is 18.2 Å². The van der Waals surface area contributed by atoms with E-state index in [9.17, 15) is 9.90 Å². The van der Waals surface area contributed by atoms with Crippen molar-refractivity contribution in [2.24, 2.45) is 5.92 Å². The molecule has 0 radical (unpaired) electrons. The number of hydrogen-bond acceptors (Lipinski definition) is 5. The highest BCUT2D eigenvalue weighted by Gasteiger charge is 2.27. The normalized spacial score (nSPS) is 20.4. The van der Waals surface area contributed by atoms with Crippen molar-refractivity contribution < 1.29 is 14.6 Å². The summed E-state index contributed by atoms with van der Waals surface area (Å²) < 4.78 is 4.71. The highest BCUT2D eigenvalue weighted by atomic mass is 16.5. The second-order valence-electron chi connectivity index (χ2n) is 5.00. The Balaban J connectivity index is 2.22. The van der Waals surface area contributed by atoms with Gasteiger partial charge in [0.1, 0.15) is 0 Å². The van der Waals surface area contributed by atoms with Gasteiger partial charge in [0.05, 0.1) is 30.2 Å². The Bertz CT molecular complexity index is 474. The maximum Gasteiger partial charge on any atom is 0.337 e. The minimum atomic E-state index is -0.368. The lowest BCUT2D eigenvalue weighted by molar-refractivity contribution is 0.0601. The van der Waals surface area contributed by atoms with E-state index in [2.05, 4.69) is 4.90 Å². The summed E-state index contributed by atoms with van der Waals surface area (Å²) in [6.45, 7) is 3.40. The van der Waals surface area contributed by atoms with Crippen LogP contribution in [0.4, 0.5) is 11.4 Å². The van der Waals surface area contributed by atoms with Gasteiger partial charge in [0.15, 0.2) is 0 Å². The van der Waals surface area contributed by atoms with Gasteiger partial charge in [-0.2, -0.15) is 0 Å². The Labute approximate surface area is 113 Å². The predicted octanol–water partition coefficient (Wildman–Crippen LogP) is 1.26. The van der Waals surface area contributed by atoms with Gasteiger partial charge in [-0.25, -0.2) is 4.79 Å². The topological polar surface area (TPSA) is 75.8 Å². The van der Waals surface area contributed by atoms with Gasteiger partial charge in [-0.3, -0.25) is 0 Å². The SMILES string of the molecule is COC(=O)c1ccc(N)c(N2CCC(C(C)O)C2)c1. The number of carbonyl (C=O) groups excluding carboxylic acids is 1. The number of nitrogen functional groups attached to an aromatic ring is 1. The number of hydrogen-bond donors (Lipinski definition) is 2. The summed E-state index contributed by atoms with van der Waals surface area (Å²) in [5, 5.41) is 9.63. The number of carbonyl (C=O) groups is 1. The number of aliphatic hydroxyl groups excluding tert-OH is 1. The largest absolute Gasteiger partial charge is 0.465 e. The molecule has 1 aliphatic rings. The summed E-state index contributed by atoms with van der Waals surface area (Å²) in [6.07, 6.45) is 0.606. The molecule has 1 aliphatic heterocycles. The van der Waals surface area contributed by atoms with E-state index in [1.807, 2.05) is 6.92 Å². The number of ether oxygens (including phenoxy) is 1. The van der Waals surface area contributed by atoms with E-state index in [0.29, 0.717) is 11.3 Å². The molecule has 0 bridgehead atoms. The number of nitrogens with zero attached hydrogens (tertiary/aromatic N) is 1. The van der Waals surface area contributed by atoms with Crippen molar-refractivity contribution in [3.63, 3.8) is 0 Å². The zero-order valence-corrected chi connectivity index (χ0v) is 11.3. The molecule has 19 heavy (non-hydrogen) atoms. The van der Waals surface area contributed by atoms with Gasteiger partial charge in [-0.15, -0.1) is 0 Å². The molecule has 1 heterocycles. The van der Waals surface area contributed by atoms with Crippen molar-refractivity contribution >= 4 is 17.3 Å². The van der Waals surface area contributed by atoms with Gasteiger partial charge in [0.2, 0.25) is 0 Å². The Morgan fingerprint density at radius 2 is 2.32 bits per heavy atom. The second kappa shape index (κ2) is 5.48. The molecule has 0 spiro atoms. The third-order valence-electron chi connectivity index (χ3n) is 3.70. The summed E-state index contributed by atoms with van der Waals surface area (Å²) in [6, 6.07) is 5.13. The van der Waals surface area contributed by atoms with E-state index in [-0.39, 0.29) is 18.0 Å². The molecule has 3 N–H and O–H groups in total. The van der Waals surface area contributed by atoms with Crippen molar-refractivity contribution in [1.82, 2.24) is 0 Å². The van der Waals surface area contributed by atoms with Crippen molar-refractivity contribution in [3.8, 4) is 0 Å². The number of methoxy groups -OCH3 is 1. The molecule has 1 saturated heterocycles. The molecule has 5 nitrogen and oxygen atoms in total. The monoisotopic (exact) mass is 264 g/mol. The summed E-state index contributed by atoms with van der Waals surface area (Å²) in [5.74, 6) is -0.117. The fourth-order valence-electron chi connectivity index (χ4n) is 2.46. The van der Waals surface area contributed by atoms with Crippen LogP contribution in [0.15, 0.2) is 18.2 Å². The lowest BCUT2D eigenvalue weighted by Gasteiger charge is -2.22. The van der Waals surface area contributed by atoms with E-state index in [0.717, 1.165) is 25.2 Å². The number of benzene rings is 1. The van der Waals surface area contributed by atoms with Crippen LogP contribution in [0.1, 0.15) is 23.7 Å². The molecule has 2 atom stereocenters. The Morgan fingerprint density at radius 1 is 1.58 bits per heavy atom. The van der Waals surface area contributed by atoms with Crippen LogP contribution >= 0.6 is 0 Å². The maximum atomic E-state index is 11.5. The number of anilines is 2. The number of aliphatic hydroxyl groups is 1. The van der Waals surface area contributed by atoms with Crippen LogP contribution in [0.25, 0.3) is 0 Å². The lowest BCUT2D eigenvalue weighted by atomic mass is 10.0. The van der Waals surface area contributed by atoms with E-state index < -0.39 is 0 Å². The number of nitrogens with two attached hydrogens (primary N) is 1. The molecular formula is C14H20N2O3. The second-order valence-corrected chi connectivity index (χ2v) is 5.00. The zero-order chi connectivity index (χ0) is 14.0. The van der Waals surface area contributed by atoms with Crippen LogP contribution in [0, 0.1) is 5.92 Å². The Kier molecular flexibility index (Phi) is 3.95. The smallest absolute Gasteiger partial charge is 0.337 e. The van der Waals surface area contributed by atoms with E-state index >= 15 is 0 Å². The average Bonchev–Trinajstić information content (AvgIpc) is 2.88. The highest BCUT2D eigenvalue weighted by Crippen LogP contribution is 2.31. The molecule has 1 fully saturated rings. The van der Waals surface area contributed by atoms with Crippen LogP contribution in [0.3, 0.4) is 0 Å². The van der Waals surface area contributed by atoms with Crippen LogP contribution in [-0.4, -0.2) is 37.4 Å². The molecule has 1 aromatic carbocycles. The van der Waals surface area contributed by atoms with E-state index in [4.69, 9.17) is 10.5 Å². The minimum absolute atomic E-state index is 0.251. The fraction of sp³-hybridized carbons (Fsp3) is 0.500. The predicted molar refractivity (Wildman–Crippen MR) is 74.2 cm³/mol. The standard InChI is InChI=1S/C14H20N2O3/c1-9(17)11-5-6-16(8-11)13-7-10(14(18)19-2)3-4-12(13)15/h3-4,7,9,11,17H,5-6,8,15H2,1-2H3. The molecule has 104 valence electrons. The quantitative estimate of drug-likeness (QED) is 0.635. The molecule has 0 saturated carbocycles. The van der Waals surface area contributed by atoms with Crippen LogP contribution in [0.2, 0.25) is 0 Å². The molecule has 2 unspecified atom stereocenters. The fourth-order valence-corrected chi connectivity index (χ4v) is 2.46. The van der Waals surface area contributed by atoms with Gasteiger partial charge >= 0.3 is 5.97 Å². The third-order valence-corrected chi connectivity index (χ3v) is 3.70. The highest BCUT2D eigenvalue weighted by molar-refractivity contribution is 5.92. The van der Waals surface area contributed by atoms with Crippen molar-refractivity contribution in [2.75, 3.05) is 30.8 Å². The lowest BCUT2D eigenvalue weighted by Crippen LogP contribution is -2.24. The third kappa shape index (κ3) is 2.81. The molecule has 0 aromatic heterocycles. The van der Waals surface area contributed by atoms with Crippen molar-refractivity contribution in [1.29, 1.82) is 0 Å². The minimum Gasteiger partial charge on any atom is -0.465 e. The number of esters is 1. The average molecular weight is 264 g/mol. The summed E-state index contributed by atoms with van der Waals surface area (Å²) in [5.41, 5.74) is 7.95. The van der Waals surface area contributed by atoms with Gasteiger partial charge < -0.3 is 20.5 Å². The van der Waals surface area contributed by atoms with Crippen LogP contribution in [-0.2, 0) is 4.74 Å². The van der Waals surface area contributed by atoms with E-state index in [1.165, 1.54) is 7.11 Å². The van der Waals surface area contributed by atoms with Gasteiger partial charge in [-0.1, -0.05) is 0 Å². The van der Waals surface area contributed by atoms with Crippen molar-refractivity contribution in [3.05, 3.63) is 23.8 Å². The summed E-state index contributed by atoms with van der Waals surface area (Å²) in [7, 11) is 1.36. The molecule has 1 aromatic rings. The first-order valence-corrected chi connectivity index (χ1v) is 6.43. The maximum absolute atomic E-state index is 11.5. The zero-order valence-electron chi connectivity index (χ0n) is 11.3. The summed E-state index contributed by atoms with van der Waals surface area (Å²) >= 11 is 0. The first kappa shape index (κ1) is 13.7. The van der Waals surface area contributed by atoms with Gasteiger partial charge in [0.25, 0.3) is 0 Å². The van der Waals surface area contributed by atoms with Gasteiger partial charge in [0, 0.05) is 19.0 Å². The van der Waals surface area contributed by atoms with Crippen LogP contribution in [0.5, 0.6) is 0 Å². The molecule has 2 rings (SSSR count). The Hall–Kier alpha value is -1.75. The Morgan fingerprint density at radius 3 is 2.89 bits per heavy atom. The summed E-state index contributed by atoms with van der Waals surface area (Å²) in [4.78, 5) is 13.7. The number of rotatable bonds is 3. The molecular weight excluding hydrogens is 244 g/mol. The first-order chi connectivity index (χ1) is 9.02. The molecule has 0 amide bonds. The molecule has 0 aliphatic carbocycles. The van der Waals surface area contributed by atoms with Gasteiger partial charge in [-0.05, 0) is 31.5 Å². The first-order valence-electron chi connectivity index (χ1n) is 6.43. The van der Waals surface area contributed by atoms with Crippen molar-refractivity contribution in [2.45, 2.75) is 19.4 Å².